The maximum atomic E-state index is 12.7. The molecule has 0 bridgehead atoms. The number of hydrogen-bond acceptors (Lipinski definition) is 7. The van der Waals surface area contributed by atoms with Crippen molar-refractivity contribution in [3.63, 3.8) is 0 Å². The highest BCUT2D eigenvalue weighted by Crippen LogP contribution is 2.28. The Balaban J connectivity index is 2.00. The second-order valence-corrected chi connectivity index (χ2v) is 8.41. The molecule has 35 heavy (non-hydrogen) atoms. The van der Waals surface area contributed by atoms with Crippen molar-refractivity contribution in [2.75, 3.05) is 26.1 Å². The molecule has 2 aromatic carbocycles. The Bertz CT molecular complexity index is 1010. The first-order valence-corrected chi connectivity index (χ1v) is 11.3. The monoisotopic (exact) mass is 486 g/mol. The van der Waals surface area contributed by atoms with Gasteiger partial charge in [0.2, 0.25) is 0 Å². The number of rotatable bonds is 11. The molecule has 0 saturated heterocycles. The largest absolute Gasteiger partial charge is 0.497 e. The summed E-state index contributed by atoms with van der Waals surface area (Å²) < 4.78 is 21.4. The Kier molecular flexibility index (Phi) is 9.93. The number of anilines is 1. The molecular weight excluding hydrogens is 452 g/mol. The molecular formula is C26H34N2O7. The van der Waals surface area contributed by atoms with Crippen LogP contribution in [0.4, 0.5) is 5.69 Å². The van der Waals surface area contributed by atoms with Crippen LogP contribution in [0, 0.1) is 0 Å². The Morgan fingerprint density at radius 3 is 2.03 bits per heavy atom. The SMILES string of the molecule is COc1ccc(NC(=O)COc2ccc(C(=O)OC(C)C(=O)N(C(C)C)C(C)C)cc2OC)cc1. The lowest BCUT2D eigenvalue weighted by Gasteiger charge is -2.32. The normalized spacial score (nSPS) is 11.6. The fourth-order valence-electron chi connectivity index (χ4n) is 3.52. The smallest absolute Gasteiger partial charge is 0.339 e. The number of esters is 1. The summed E-state index contributed by atoms with van der Waals surface area (Å²) in [6.45, 7) is 8.92. The second kappa shape index (κ2) is 12.6. The minimum atomic E-state index is -0.948. The van der Waals surface area contributed by atoms with Crippen molar-refractivity contribution in [3.05, 3.63) is 48.0 Å². The van der Waals surface area contributed by atoms with E-state index in [0.717, 1.165) is 0 Å². The molecule has 0 radical (unpaired) electrons. The summed E-state index contributed by atoms with van der Waals surface area (Å²) in [7, 11) is 2.98. The van der Waals surface area contributed by atoms with Gasteiger partial charge in [0.25, 0.3) is 11.8 Å². The molecule has 190 valence electrons. The lowest BCUT2D eigenvalue weighted by atomic mass is 10.2. The van der Waals surface area contributed by atoms with Crippen LogP contribution >= 0.6 is 0 Å². The average Bonchev–Trinajstić information content (AvgIpc) is 2.82. The van der Waals surface area contributed by atoms with Crippen LogP contribution in [-0.4, -0.2) is 61.7 Å². The predicted octanol–water partition coefficient (Wildman–Crippen LogP) is 3.91. The fraction of sp³-hybridized carbons (Fsp3) is 0.423. The molecule has 1 unspecified atom stereocenters. The van der Waals surface area contributed by atoms with Crippen LogP contribution in [0.1, 0.15) is 45.0 Å². The van der Waals surface area contributed by atoms with Gasteiger partial charge in [0.05, 0.1) is 19.8 Å². The van der Waals surface area contributed by atoms with E-state index in [1.54, 1.807) is 43.2 Å². The van der Waals surface area contributed by atoms with Crippen LogP contribution < -0.4 is 19.5 Å². The van der Waals surface area contributed by atoms with Crippen molar-refractivity contribution in [3.8, 4) is 17.2 Å². The average molecular weight is 487 g/mol. The highest BCUT2D eigenvalue weighted by Gasteiger charge is 2.28. The van der Waals surface area contributed by atoms with Gasteiger partial charge in [-0.15, -0.1) is 0 Å². The Labute approximate surface area is 206 Å². The first-order valence-electron chi connectivity index (χ1n) is 11.3. The number of hydrogen-bond donors (Lipinski definition) is 1. The van der Waals surface area contributed by atoms with Crippen LogP contribution in [-0.2, 0) is 14.3 Å². The van der Waals surface area contributed by atoms with Crippen molar-refractivity contribution in [1.29, 1.82) is 0 Å². The molecule has 2 amide bonds. The second-order valence-electron chi connectivity index (χ2n) is 8.41. The van der Waals surface area contributed by atoms with E-state index < -0.39 is 12.1 Å². The molecule has 0 aliphatic rings. The zero-order chi connectivity index (χ0) is 26.1. The Morgan fingerprint density at radius 1 is 0.857 bits per heavy atom. The minimum Gasteiger partial charge on any atom is -0.497 e. The Hall–Kier alpha value is -3.75. The van der Waals surface area contributed by atoms with Gasteiger partial charge in [0, 0.05) is 17.8 Å². The number of carbonyl (C=O) groups excluding carboxylic acids is 3. The number of nitrogens with zero attached hydrogens (tertiary/aromatic N) is 1. The van der Waals surface area contributed by atoms with Gasteiger partial charge in [0.15, 0.2) is 24.2 Å². The van der Waals surface area contributed by atoms with Crippen molar-refractivity contribution >= 4 is 23.5 Å². The molecule has 9 heteroatoms. The summed E-state index contributed by atoms with van der Waals surface area (Å²) >= 11 is 0. The molecule has 1 N–H and O–H groups in total. The minimum absolute atomic E-state index is 0.0258. The van der Waals surface area contributed by atoms with Crippen molar-refractivity contribution in [1.82, 2.24) is 4.90 Å². The van der Waals surface area contributed by atoms with E-state index in [4.69, 9.17) is 18.9 Å². The van der Waals surface area contributed by atoms with Gasteiger partial charge in [-0.25, -0.2) is 4.79 Å². The molecule has 0 aromatic heterocycles. The quantitative estimate of drug-likeness (QED) is 0.480. The molecule has 0 fully saturated rings. The van der Waals surface area contributed by atoms with Gasteiger partial charge in [-0.3, -0.25) is 9.59 Å². The maximum Gasteiger partial charge on any atom is 0.339 e. The van der Waals surface area contributed by atoms with E-state index in [1.165, 1.54) is 25.3 Å². The topological polar surface area (TPSA) is 103 Å². The first kappa shape index (κ1) is 27.5. The van der Waals surface area contributed by atoms with E-state index in [1.807, 2.05) is 27.7 Å². The predicted molar refractivity (Wildman–Crippen MR) is 132 cm³/mol. The number of methoxy groups -OCH3 is 2. The van der Waals surface area contributed by atoms with Gasteiger partial charge in [0.1, 0.15) is 5.75 Å². The summed E-state index contributed by atoms with van der Waals surface area (Å²) in [4.78, 5) is 39.3. The van der Waals surface area contributed by atoms with Crippen LogP contribution in [0.15, 0.2) is 42.5 Å². The zero-order valence-electron chi connectivity index (χ0n) is 21.3. The van der Waals surface area contributed by atoms with Crippen LogP contribution in [0.5, 0.6) is 17.2 Å². The number of amides is 2. The summed E-state index contributed by atoms with van der Waals surface area (Å²) in [6.07, 6.45) is -0.948. The molecule has 9 nitrogen and oxygen atoms in total. The summed E-state index contributed by atoms with van der Waals surface area (Å²) in [5.41, 5.74) is 0.791. The first-order chi connectivity index (χ1) is 16.6. The molecule has 0 saturated carbocycles. The van der Waals surface area contributed by atoms with Gasteiger partial charge in [-0.05, 0) is 77.1 Å². The third-order valence-corrected chi connectivity index (χ3v) is 5.13. The van der Waals surface area contributed by atoms with E-state index in [9.17, 15) is 14.4 Å². The molecule has 2 aromatic rings. The number of benzene rings is 2. The van der Waals surface area contributed by atoms with Gasteiger partial charge < -0.3 is 29.2 Å². The van der Waals surface area contributed by atoms with Gasteiger partial charge in [-0.1, -0.05) is 0 Å². The summed E-state index contributed by atoms with van der Waals surface area (Å²) in [5, 5.41) is 2.72. The molecule has 0 heterocycles. The van der Waals surface area contributed by atoms with E-state index in [-0.39, 0.29) is 47.6 Å². The molecule has 0 aliphatic heterocycles. The standard InChI is InChI=1S/C26H34N2O7/c1-16(2)28(17(3)4)25(30)18(5)35-26(31)19-8-13-22(23(14-19)33-7)34-15-24(29)27-20-9-11-21(32-6)12-10-20/h8-14,16-18H,15H2,1-7H3,(H,27,29). The number of carbonyl (C=O) groups is 3. The van der Waals surface area contributed by atoms with Crippen molar-refractivity contribution in [2.45, 2.75) is 52.8 Å². The zero-order valence-corrected chi connectivity index (χ0v) is 21.3. The Morgan fingerprint density at radius 2 is 1.49 bits per heavy atom. The third kappa shape index (κ3) is 7.63. The molecule has 2 rings (SSSR count). The fourth-order valence-corrected chi connectivity index (χ4v) is 3.52. The van der Waals surface area contributed by atoms with Gasteiger partial charge in [-0.2, -0.15) is 0 Å². The van der Waals surface area contributed by atoms with Crippen molar-refractivity contribution in [2.24, 2.45) is 0 Å². The van der Waals surface area contributed by atoms with Crippen molar-refractivity contribution < 1.29 is 33.3 Å². The highest BCUT2D eigenvalue weighted by atomic mass is 16.5. The number of nitrogens with one attached hydrogen (secondary N) is 1. The molecule has 0 spiro atoms. The summed E-state index contributed by atoms with van der Waals surface area (Å²) in [6, 6.07) is 11.3. The third-order valence-electron chi connectivity index (χ3n) is 5.13. The molecule has 0 aliphatic carbocycles. The van der Waals surface area contributed by atoms with Crippen LogP contribution in [0.2, 0.25) is 0 Å². The summed E-state index contributed by atoms with van der Waals surface area (Å²) in [5.74, 6) is -0.0875. The van der Waals surface area contributed by atoms with Crippen LogP contribution in [0.25, 0.3) is 0 Å². The van der Waals surface area contributed by atoms with Gasteiger partial charge >= 0.3 is 5.97 Å². The van der Waals surface area contributed by atoms with Crippen LogP contribution in [0.3, 0.4) is 0 Å². The lowest BCUT2D eigenvalue weighted by molar-refractivity contribution is -0.143. The number of ether oxygens (including phenoxy) is 4. The van der Waals surface area contributed by atoms with E-state index in [2.05, 4.69) is 5.32 Å². The molecule has 1 atom stereocenters. The van der Waals surface area contributed by atoms with E-state index in [0.29, 0.717) is 11.4 Å². The highest BCUT2D eigenvalue weighted by molar-refractivity contribution is 5.93. The maximum absolute atomic E-state index is 12.7. The van der Waals surface area contributed by atoms with E-state index >= 15 is 0 Å². The lowest BCUT2D eigenvalue weighted by Crippen LogP contribution is -2.47.